The Morgan fingerprint density at radius 1 is 0.222 bits per heavy atom. The Hall–Kier alpha value is -11.4. The van der Waals surface area contributed by atoms with E-state index in [1.165, 1.54) is 51.5 Å². The Kier molecular flexibility index (Phi) is 11.3. The third-order valence-corrected chi connectivity index (χ3v) is 20.9. The molecule has 14 aromatic carbocycles. The van der Waals surface area contributed by atoms with Gasteiger partial charge in [-0.05, 0) is 159 Å². The first kappa shape index (κ1) is 50.8. The van der Waals surface area contributed by atoms with Crippen LogP contribution in [0, 0.1) is 0 Å². The van der Waals surface area contributed by atoms with E-state index in [9.17, 15) is 0 Å². The van der Waals surface area contributed by atoms with Crippen LogP contribution in [-0.4, -0.2) is 23.3 Å². The standard InChI is InChI=1S/C83H51N5S2/c1-5-23-54(24-6-1)85-71-37-15-16-38-72(71)86(55-25-7-2-8-26-55)76-48-67-66(47-75(76)85)60-44-43-52(58-33-21-35-63-61-31-13-19-41-79(61)89-82(58)63)45-65(60)69-46-53(59-34-22-36-64-62-32-14-20-42-80(62)90-83(59)64)51-84-81(69)70-50-78-77(49-68(67)70)87(56-27-9-3-10-28-56)73-39-17-18-40-74(73)88(78)57-29-11-4-12-30-57/h1-51H. The number of thiophene rings is 2. The molecule has 0 saturated heterocycles. The molecule has 5 heterocycles. The zero-order valence-electron chi connectivity index (χ0n) is 48.5. The predicted molar refractivity (Wildman–Crippen MR) is 385 cm³/mol. The average molecular weight is 1180 g/mol. The third-order valence-electron chi connectivity index (χ3n) is 18.4. The fraction of sp³-hybridized carbons (Fsp3) is 0. The van der Waals surface area contributed by atoms with Crippen LogP contribution in [0.3, 0.4) is 0 Å². The van der Waals surface area contributed by atoms with Crippen molar-refractivity contribution in [1.29, 1.82) is 0 Å². The molecule has 0 N–H and O–H groups in total. The van der Waals surface area contributed by atoms with Gasteiger partial charge in [0.1, 0.15) is 0 Å². The lowest BCUT2D eigenvalue weighted by molar-refractivity contribution is 1.09. The van der Waals surface area contributed by atoms with Gasteiger partial charge in [-0.25, -0.2) is 0 Å². The van der Waals surface area contributed by atoms with Crippen molar-refractivity contribution in [3.8, 4) is 45.0 Å². The summed E-state index contributed by atoms with van der Waals surface area (Å²) in [6, 6.07) is 112. The molecule has 0 fully saturated rings. The highest BCUT2D eigenvalue weighted by atomic mass is 32.1. The second kappa shape index (κ2) is 20.1. The number of hydrogen-bond acceptors (Lipinski definition) is 3. The highest BCUT2D eigenvalue weighted by Gasteiger charge is 2.23. The zero-order valence-corrected chi connectivity index (χ0v) is 50.1. The minimum atomic E-state index is 0.913. The van der Waals surface area contributed by atoms with E-state index in [4.69, 9.17) is 4.98 Å². The molecule has 0 aliphatic heterocycles. The van der Waals surface area contributed by atoms with Gasteiger partial charge in [-0.2, -0.15) is 0 Å². The van der Waals surface area contributed by atoms with Gasteiger partial charge in [0.25, 0.3) is 0 Å². The number of rotatable bonds is 6. The van der Waals surface area contributed by atoms with Crippen LogP contribution in [0.5, 0.6) is 0 Å². The van der Waals surface area contributed by atoms with Crippen molar-refractivity contribution >= 4 is 150 Å². The van der Waals surface area contributed by atoms with E-state index in [0.29, 0.717) is 0 Å². The van der Waals surface area contributed by atoms with E-state index >= 15 is 0 Å². The molecule has 0 saturated carbocycles. The van der Waals surface area contributed by atoms with Crippen molar-refractivity contribution < 1.29 is 0 Å². The maximum atomic E-state index is 5.91. The molecule has 0 aliphatic rings. The molecule has 90 heavy (non-hydrogen) atoms. The van der Waals surface area contributed by atoms with Gasteiger partial charge >= 0.3 is 0 Å². The van der Waals surface area contributed by atoms with Crippen molar-refractivity contribution in [3.05, 3.63) is 310 Å². The summed E-state index contributed by atoms with van der Waals surface area (Å²) in [4.78, 5) is 5.91. The van der Waals surface area contributed by atoms with E-state index in [1.807, 2.05) is 22.7 Å². The van der Waals surface area contributed by atoms with Crippen LogP contribution in [-0.2, 0) is 0 Å². The molecule has 0 radical (unpaired) electrons. The van der Waals surface area contributed by atoms with E-state index in [2.05, 4.69) is 328 Å². The average Bonchev–Trinajstić information content (AvgIpc) is 1.14. The van der Waals surface area contributed by atoms with Crippen molar-refractivity contribution in [1.82, 2.24) is 23.3 Å². The summed E-state index contributed by atoms with van der Waals surface area (Å²) in [5, 5.41) is 12.7. The largest absolute Gasteiger partial charge is 0.306 e. The molecule has 19 aromatic rings. The van der Waals surface area contributed by atoms with Crippen LogP contribution in [0.2, 0.25) is 0 Å². The Morgan fingerprint density at radius 2 is 0.556 bits per heavy atom. The molecular formula is C83H51N5S2. The molecule has 5 nitrogen and oxygen atoms in total. The van der Waals surface area contributed by atoms with Crippen molar-refractivity contribution in [3.63, 3.8) is 0 Å². The summed E-state index contributed by atoms with van der Waals surface area (Å²) in [7, 11) is 0. The Labute approximate surface area is 524 Å². The summed E-state index contributed by atoms with van der Waals surface area (Å²) < 4.78 is 14.9. The molecule has 0 unspecified atom stereocenters. The normalized spacial score (nSPS) is 12.0. The molecule has 0 bridgehead atoms. The lowest BCUT2D eigenvalue weighted by Gasteiger charge is -2.24. The summed E-state index contributed by atoms with van der Waals surface area (Å²) in [6.45, 7) is 0. The number of nitrogens with zero attached hydrogens (tertiary/aromatic N) is 5. The van der Waals surface area contributed by atoms with Crippen LogP contribution in [0.25, 0.3) is 173 Å². The van der Waals surface area contributed by atoms with Gasteiger partial charge < -0.3 is 18.3 Å². The highest BCUT2D eigenvalue weighted by molar-refractivity contribution is 7.26. The molecule has 0 amide bonds. The second-order valence-corrected chi connectivity index (χ2v) is 25.5. The van der Waals surface area contributed by atoms with Gasteiger partial charge in [0.05, 0.1) is 49.7 Å². The Balaban J connectivity index is 1.08. The van der Waals surface area contributed by atoms with E-state index < -0.39 is 0 Å². The fourth-order valence-corrected chi connectivity index (χ4v) is 17.0. The topological polar surface area (TPSA) is 32.6 Å². The highest BCUT2D eigenvalue weighted by Crippen LogP contribution is 2.47. The molecule has 0 atom stereocenters. The van der Waals surface area contributed by atoms with Gasteiger partial charge in [-0.1, -0.05) is 182 Å². The smallest absolute Gasteiger partial charge is 0.0788 e. The van der Waals surface area contributed by atoms with E-state index in [-0.39, 0.29) is 0 Å². The second-order valence-electron chi connectivity index (χ2n) is 23.4. The van der Waals surface area contributed by atoms with Gasteiger partial charge in [0, 0.05) is 91.2 Å². The maximum absolute atomic E-state index is 5.91. The molecule has 19 rings (SSSR count). The lowest BCUT2D eigenvalue weighted by Crippen LogP contribution is -2.09. The summed E-state index contributed by atoms with van der Waals surface area (Å²) >= 11 is 3.74. The third kappa shape index (κ3) is 7.70. The van der Waals surface area contributed by atoms with E-state index in [0.717, 1.165) is 121 Å². The quantitative estimate of drug-likeness (QED) is 0.153. The van der Waals surface area contributed by atoms with Gasteiger partial charge in [-0.15, -0.1) is 22.7 Å². The number of hydrogen-bond donors (Lipinski definition) is 0. The first-order valence-corrected chi connectivity index (χ1v) is 32.2. The van der Waals surface area contributed by atoms with Crippen molar-refractivity contribution in [2.24, 2.45) is 0 Å². The fourth-order valence-electron chi connectivity index (χ4n) is 14.5. The van der Waals surface area contributed by atoms with Gasteiger partial charge in [0.2, 0.25) is 0 Å². The Morgan fingerprint density at radius 3 is 1.01 bits per heavy atom. The Bertz CT molecular complexity index is 5880. The first-order valence-electron chi connectivity index (χ1n) is 30.6. The molecular weight excluding hydrogens is 1130 g/mol. The molecule has 0 aliphatic carbocycles. The molecule has 5 aromatic heterocycles. The van der Waals surface area contributed by atoms with E-state index in [1.54, 1.807) is 0 Å². The lowest BCUT2D eigenvalue weighted by atomic mass is 9.92. The van der Waals surface area contributed by atoms with Crippen LogP contribution in [0.1, 0.15) is 0 Å². The minimum Gasteiger partial charge on any atom is -0.306 e. The summed E-state index contributed by atoms with van der Waals surface area (Å²) in [5.74, 6) is 0. The number of aromatic nitrogens is 5. The van der Waals surface area contributed by atoms with Gasteiger partial charge in [0.15, 0.2) is 0 Å². The van der Waals surface area contributed by atoms with Gasteiger partial charge in [-0.3, -0.25) is 4.98 Å². The SMILES string of the molecule is c1ccc(-n2c3ccccc3n(-c3ccccc3)c3cc4c(cc32)c2ccc(-c3cccc5c3sc3ccccc35)cc2c2cc(-c3cccc5c3sc3ccccc35)cnc2c2cc3c(cc42)n(-c2ccccc2)c2ccccc2n3-c2ccccc2)cc1. The van der Waals surface area contributed by atoms with Crippen LogP contribution in [0.15, 0.2) is 310 Å². The van der Waals surface area contributed by atoms with Crippen molar-refractivity contribution in [2.45, 2.75) is 0 Å². The monoisotopic (exact) mass is 1180 g/mol. The van der Waals surface area contributed by atoms with Crippen LogP contribution < -0.4 is 0 Å². The number of fused-ring (bicyclic) bond motifs is 18. The number of para-hydroxylation sites is 8. The molecule has 420 valence electrons. The van der Waals surface area contributed by atoms with Crippen LogP contribution >= 0.6 is 22.7 Å². The van der Waals surface area contributed by atoms with Crippen molar-refractivity contribution in [2.75, 3.05) is 0 Å². The molecule has 7 heteroatoms. The first-order chi connectivity index (χ1) is 44.7. The molecule has 0 spiro atoms. The zero-order chi connectivity index (χ0) is 59.0. The summed E-state index contributed by atoms with van der Waals surface area (Å²) in [5.41, 5.74) is 18.4. The maximum Gasteiger partial charge on any atom is 0.0788 e. The number of benzene rings is 13. The predicted octanol–water partition coefficient (Wildman–Crippen LogP) is 23.2. The van der Waals surface area contributed by atoms with Crippen LogP contribution in [0.4, 0.5) is 0 Å². The number of pyridine rings is 1. The summed E-state index contributed by atoms with van der Waals surface area (Å²) in [6.07, 6.45) is 2.14. The minimum absolute atomic E-state index is 0.913.